The molecule has 2 aromatic carbocycles. The summed E-state index contributed by atoms with van der Waals surface area (Å²) in [4.78, 5) is 11.0. The van der Waals surface area contributed by atoms with E-state index in [1.807, 2.05) is 4.90 Å². The number of piperazine rings is 1. The van der Waals surface area contributed by atoms with E-state index < -0.39 is 19.9 Å². The lowest BCUT2D eigenvalue weighted by atomic mass is 10.2. The second-order valence-corrected chi connectivity index (χ2v) is 11.7. The number of nitrogens with two attached hydrogens (primary N) is 1. The molecule has 0 bridgehead atoms. The fourth-order valence-corrected chi connectivity index (χ4v) is 5.80. The smallest absolute Gasteiger partial charge is 0.243 e. The molecule has 0 spiro atoms. The van der Waals surface area contributed by atoms with Gasteiger partial charge in [-0.05, 0) is 30.3 Å². The van der Waals surface area contributed by atoms with Crippen molar-refractivity contribution < 1.29 is 26.3 Å². The van der Waals surface area contributed by atoms with Gasteiger partial charge >= 0.3 is 0 Å². The molecule has 4 rings (SSSR count). The third-order valence-corrected chi connectivity index (χ3v) is 8.67. The van der Waals surface area contributed by atoms with Crippen molar-refractivity contribution in [2.45, 2.75) is 9.79 Å². The van der Waals surface area contributed by atoms with E-state index in [-0.39, 0.29) is 41.1 Å². The van der Waals surface area contributed by atoms with Crippen LogP contribution in [0.4, 0.5) is 11.8 Å². The Kier molecular flexibility index (Phi) is 7.65. The lowest BCUT2D eigenvalue weighted by molar-refractivity contribution is 0.356. The number of sulfonamides is 1. The lowest BCUT2D eigenvalue weighted by Gasteiger charge is -2.34. The van der Waals surface area contributed by atoms with Gasteiger partial charge in [-0.3, -0.25) is 0 Å². The standard InChI is InChI=1S/C21H25N5O6S2.ClH/c1-31-18-12-16-17(13-19(18)32-2)23-21(24-20(16)22)25-8-10-26(11-9-25)34(29,30)15-6-4-14(5-7-15)33(3,27)28;/h4-7,12-13H,8-11H2,1-3H3,(H2,22,23,24);1H. The average Bonchev–Trinajstić information content (AvgIpc) is 2.82. The monoisotopic (exact) mass is 543 g/mol. The lowest BCUT2D eigenvalue weighted by Crippen LogP contribution is -2.49. The predicted octanol–water partition coefficient (Wildman–Crippen LogP) is 1.57. The highest BCUT2D eigenvalue weighted by molar-refractivity contribution is 7.90. The van der Waals surface area contributed by atoms with Crippen LogP contribution in [0, 0.1) is 0 Å². The number of benzene rings is 2. The highest BCUT2D eigenvalue weighted by atomic mass is 35.5. The minimum atomic E-state index is -3.77. The molecule has 14 heteroatoms. The van der Waals surface area contributed by atoms with Gasteiger partial charge in [0.1, 0.15) is 5.82 Å². The van der Waals surface area contributed by atoms with E-state index in [2.05, 4.69) is 9.97 Å². The first-order valence-corrected chi connectivity index (χ1v) is 13.6. The highest BCUT2D eigenvalue weighted by Crippen LogP contribution is 2.34. The van der Waals surface area contributed by atoms with Gasteiger partial charge < -0.3 is 20.1 Å². The van der Waals surface area contributed by atoms with Crippen molar-refractivity contribution in [3.05, 3.63) is 36.4 Å². The Morgan fingerprint density at radius 3 is 1.94 bits per heavy atom. The maximum absolute atomic E-state index is 13.0. The maximum atomic E-state index is 13.0. The van der Waals surface area contributed by atoms with Gasteiger partial charge in [0.05, 0.1) is 29.5 Å². The van der Waals surface area contributed by atoms with Gasteiger partial charge in [-0.15, -0.1) is 12.4 Å². The highest BCUT2D eigenvalue weighted by Gasteiger charge is 2.30. The molecule has 35 heavy (non-hydrogen) atoms. The molecule has 11 nitrogen and oxygen atoms in total. The van der Waals surface area contributed by atoms with Crippen molar-refractivity contribution in [3.63, 3.8) is 0 Å². The minimum Gasteiger partial charge on any atom is -0.493 e. The Morgan fingerprint density at radius 2 is 1.40 bits per heavy atom. The molecule has 0 atom stereocenters. The average molecular weight is 544 g/mol. The number of fused-ring (bicyclic) bond motifs is 1. The molecule has 1 fully saturated rings. The zero-order chi connectivity index (χ0) is 24.7. The molecule has 1 aromatic heterocycles. The molecular weight excluding hydrogens is 518 g/mol. The summed E-state index contributed by atoms with van der Waals surface area (Å²) in [6.07, 6.45) is 1.07. The number of hydrogen-bond donors (Lipinski definition) is 1. The number of halogens is 1. The van der Waals surface area contributed by atoms with Gasteiger partial charge in [-0.2, -0.15) is 9.29 Å². The third kappa shape index (κ3) is 5.22. The number of nitrogens with zero attached hydrogens (tertiary/aromatic N) is 4. The third-order valence-electron chi connectivity index (χ3n) is 5.63. The number of ether oxygens (including phenoxy) is 2. The number of aromatic nitrogens is 2. The zero-order valence-electron chi connectivity index (χ0n) is 19.3. The number of hydrogen-bond acceptors (Lipinski definition) is 10. The van der Waals surface area contributed by atoms with E-state index >= 15 is 0 Å². The number of rotatable bonds is 6. The molecular formula is C21H26ClN5O6S2. The van der Waals surface area contributed by atoms with Gasteiger partial charge in [0.15, 0.2) is 21.3 Å². The van der Waals surface area contributed by atoms with Crippen LogP contribution in [0.15, 0.2) is 46.2 Å². The Labute approximate surface area is 210 Å². The molecule has 1 aliphatic heterocycles. The summed E-state index contributed by atoms with van der Waals surface area (Å²) in [5.41, 5.74) is 6.76. The molecule has 3 aromatic rings. The van der Waals surface area contributed by atoms with Crippen molar-refractivity contribution in [2.24, 2.45) is 0 Å². The minimum absolute atomic E-state index is 0. The van der Waals surface area contributed by atoms with Gasteiger partial charge in [0.25, 0.3) is 0 Å². The molecule has 0 unspecified atom stereocenters. The first-order chi connectivity index (χ1) is 16.0. The Bertz CT molecular complexity index is 1440. The molecule has 2 N–H and O–H groups in total. The first-order valence-electron chi connectivity index (χ1n) is 10.3. The van der Waals surface area contributed by atoms with Crippen LogP contribution in [0.3, 0.4) is 0 Å². The first kappa shape index (κ1) is 26.7. The molecule has 1 aliphatic rings. The topological polar surface area (TPSA) is 145 Å². The molecule has 0 amide bonds. The summed E-state index contributed by atoms with van der Waals surface area (Å²) in [5, 5.41) is 0.625. The van der Waals surface area contributed by atoms with E-state index in [0.29, 0.717) is 41.4 Å². The van der Waals surface area contributed by atoms with E-state index in [1.165, 1.54) is 42.8 Å². The second kappa shape index (κ2) is 10.0. The van der Waals surface area contributed by atoms with Crippen molar-refractivity contribution in [1.82, 2.24) is 14.3 Å². The summed E-state index contributed by atoms with van der Waals surface area (Å²) in [6.45, 7) is 1.14. The Hall–Kier alpha value is -2.87. The fourth-order valence-electron chi connectivity index (χ4n) is 3.74. The number of methoxy groups -OCH3 is 2. The molecule has 0 saturated carbocycles. The van der Waals surface area contributed by atoms with Crippen LogP contribution >= 0.6 is 12.4 Å². The van der Waals surface area contributed by atoms with Crippen LogP contribution in [-0.2, 0) is 19.9 Å². The summed E-state index contributed by atoms with van der Waals surface area (Å²) in [5.74, 6) is 1.70. The quantitative estimate of drug-likeness (QED) is 0.486. The normalized spacial score (nSPS) is 15.0. The SMILES string of the molecule is COc1cc2nc(N3CCN(S(=O)(=O)c4ccc(S(C)(=O)=O)cc4)CC3)nc(N)c2cc1OC.Cl. The van der Waals surface area contributed by atoms with Crippen LogP contribution in [0.5, 0.6) is 11.5 Å². The van der Waals surface area contributed by atoms with Gasteiger partial charge in [0, 0.05) is 43.9 Å². The fraction of sp³-hybridized carbons (Fsp3) is 0.333. The predicted molar refractivity (Wildman–Crippen MR) is 135 cm³/mol. The molecule has 190 valence electrons. The Balaban J connectivity index is 0.00000342. The van der Waals surface area contributed by atoms with E-state index in [0.717, 1.165) is 6.26 Å². The molecule has 0 aliphatic carbocycles. The summed E-state index contributed by atoms with van der Waals surface area (Å²) in [7, 11) is -4.12. The van der Waals surface area contributed by atoms with Crippen molar-refractivity contribution in [3.8, 4) is 11.5 Å². The Morgan fingerprint density at radius 1 is 0.857 bits per heavy atom. The number of nitrogen functional groups attached to an aromatic ring is 1. The molecule has 1 saturated heterocycles. The molecule has 0 radical (unpaired) electrons. The van der Waals surface area contributed by atoms with Crippen LogP contribution < -0.4 is 20.1 Å². The van der Waals surface area contributed by atoms with E-state index in [4.69, 9.17) is 15.2 Å². The van der Waals surface area contributed by atoms with Crippen molar-refractivity contribution in [1.29, 1.82) is 0 Å². The van der Waals surface area contributed by atoms with Gasteiger partial charge in [-0.1, -0.05) is 0 Å². The van der Waals surface area contributed by atoms with Crippen LogP contribution in [0.1, 0.15) is 0 Å². The largest absolute Gasteiger partial charge is 0.493 e. The van der Waals surface area contributed by atoms with Gasteiger partial charge in [-0.25, -0.2) is 21.8 Å². The van der Waals surface area contributed by atoms with E-state index in [9.17, 15) is 16.8 Å². The summed E-state index contributed by atoms with van der Waals surface area (Å²) >= 11 is 0. The maximum Gasteiger partial charge on any atom is 0.243 e. The van der Waals surface area contributed by atoms with Crippen LogP contribution in [-0.4, -0.2) is 77.8 Å². The second-order valence-electron chi connectivity index (χ2n) is 7.77. The van der Waals surface area contributed by atoms with Gasteiger partial charge in [0.2, 0.25) is 16.0 Å². The summed E-state index contributed by atoms with van der Waals surface area (Å²) in [6, 6.07) is 8.66. The summed E-state index contributed by atoms with van der Waals surface area (Å²) < 4.78 is 61.4. The van der Waals surface area contributed by atoms with Crippen LogP contribution in [0.2, 0.25) is 0 Å². The molecule has 2 heterocycles. The number of anilines is 2. The van der Waals surface area contributed by atoms with Crippen LogP contribution in [0.25, 0.3) is 10.9 Å². The number of sulfone groups is 1. The zero-order valence-corrected chi connectivity index (χ0v) is 21.8. The van der Waals surface area contributed by atoms with Crippen molar-refractivity contribution in [2.75, 3.05) is 57.3 Å². The van der Waals surface area contributed by atoms with Crippen molar-refractivity contribution >= 4 is 54.9 Å². The van der Waals surface area contributed by atoms with E-state index in [1.54, 1.807) is 12.1 Å².